The molecule has 0 fully saturated rings. The third-order valence-electron chi connectivity index (χ3n) is 3.95. The lowest BCUT2D eigenvalue weighted by Crippen LogP contribution is -2.40. The van der Waals surface area contributed by atoms with Crippen molar-refractivity contribution in [3.8, 4) is 0 Å². The first-order valence-electron chi connectivity index (χ1n) is 9.00. The van der Waals surface area contributed by atoms with Crippen LogP contribution >= 0.6 is 24.0 Å². The van der Waals surface area contributed by atoms with Gasteiger partial charge in [0.1, 0.15) is 5.82 Å². The molecular weight excluding hydrogens is 460 g/mol. The second kappa shape index (κ2) is 15.0. The molecule has 0 radical (unpaired) electrons. The summed E-state index contributed by atoms with van der Waals surface area (Å²) in [6.07, 6.45) is 1.03. The average molecular weight is 495 g/mol. The number of nitrogens with one attached hydrogen (secondary N) is 2. The van der Waals surface area contributed by atoms with Gasteiger partial charge in [-0.05, 0) is 45.3 Å². The van der Waals surface area contributed by atoms with Crippen molar-refractivity contribution in [3.63, 3.8) is 0 Å². The summed E-state index contributed by atoms with van der Waals surface area (Å²) >= 11 is 0. The van der Waals surface area contributed by atoms with E-state index < -0.39 is 0 Å². The van der Waals surface area contributed by atoms with Crippen LogP contribution in [-0.2, 0) is 17.8 Å². The topological polar surface area (TPSA) is 52.1 Å². The predicted octanol–water partition coefficient (Wildman–Crippen LogP) is 2.14. The minimum Gasteiger partial charge on any atom is -0.385 e. The number of hydrogen-bond donors (Lipinski definition) is 2. The minimum absolute atomic E-state index is 0. The second-order valence-corrected chi connectivity index (χ2v) is 6.67. The molecule has 1 aromatic carbocycles. The maximum atomic E-state index is 13.9. The Hall–Kier alpha value is -0.970. The van der Waals surface area contributed by atoms with E-state index in [-0.39, 0.29) is 29.8 Å². The van der Waals surface area contributed by atoms with Crippen molar-refractivity contribution >= 4 is 29.9 Å². The molecule has 2 N–H and O–H groups in total. The Kier molecular flexibility index (Phi) is 14.5. The van der Waals surface area contributed by atoms with E-state index >= 15 is 0 Å². The van der Waals surface area contributed by atoms with Gasteiger partial charge in [-0.1, -0.05) is 6.07 Å². The van der Waals surface area contributed by atoms with E-state index in [0.29, 0.717) is 18.7 Å². The van der Waals surface area contributed by atoms with Crippen molar-refractivity contribution in [2.24, 2.45) is 4.99 Å². The maximum absolute atomic E-state index is 13.9. The zero-order valence-corrected chi connectivity index (χ0v) is 19.5. The van der Waals surface area contributed by atoms with Crippen LogP contribution in [0.1, 0.15) is 17.5 Å². The molecule has 0 amide bonds. The number of hydrogen-bond acceptors (Lipinski definition) is 4. The van der Waals surface area contributed by atoms with Gasteiger partial charge in [-0.15, -0.1) is 24.0 Å². The highest BCUT2D eigenvalue weighted by molar-refractivity contribution is 14.0. The smallest absolute Gasteiger partial charge is 0.191 e. The summed E-state index contributed by atoms with van der Waals surface area (Å²) in [5, 5.41) is 6.58. The van der Waals surface area contributed by atoms with E-state index in [0.717, 1.165) is 44.2 Å². The van der Waals surface area contributed by atoms with Crippen molar-refractivity contribution < 1.29 is 9.13 Å². The van der Waals surface area contributed by atoms with Gasteiger partial charge in [0.2, 0.25) is 0 Å². The van der Waals surface area contributed by atoms with Gasteiger partial charge in [0.25, 0.3) is 0 Å². The summed E-state index contributed by atoms with van der Waals surface area (Å²) < 4.78 is 18.9. The fourth-order valence-corrected chi connectivity index (χ4v) is 2.56. The molecule has 0 saturated carbocycles. The first-order chi connectivity index (χ1) is 12.5. The first kappa shape index (κ1) is 26.0. The summed E-state index contributed by atoms with van der Waals surface area (Å²) in [5.74, 6) is 0.579. The first-order valence-corrected chi connectivity index (χ1v) is 9.00. The van der Waals surface area contributed by atoms with Gasteiger partial charge in [-0.2, -0.15) is 0 Å². The fourth-order valence-electron chi connectivity index (χ4n) is 2.56. The van der Waals surface area contributed by atoms with Crippen LogP contribution < -0.4 is 10.6 Å². The average Bonchev–Trinajstić information content (AvgIpc) is 2.60. The second-order valence-electron chi connectivity index (χ2n) is 6.67. The van der Waals surface area contributed by atoms with Crippen LogP contribution in [-0.4, -0.2) is 77.3 Å². The molecule has 0 aliphatic rings. The Morgan fingerprint density at radius 1 is 1.19 bits per heavy atom. The van der Waals surface area contributed by atoms with Crippen molar-refractivity contribution in [2.75, 3.05) is 61.5 Å². The lowest BCUT2D eigenvalue weighted by molar-refractivity contribution is 0.180. The summed E-state index contributed by atoms with van der Waals surface area (Å²) in [6.45, 7) is 4.71. The number of aliphatic imine (C=N–C) groups is 1. The standard InChI is InChI=1S/C19H34FN5O.HI/c1-21-19(22-9-11-25(4)10-6-12-26-5)23-14-16-7-8-18(20)17(13-16)15-24(2)3;/h7-8,13H,6,9-12,14-15H2,1-5H3,(H2,21,22,23);1H. The van der Waals surface area contributed by atoms with Gasteiger partial charge < -0.3 is 25.2 Å². The van der Waals surface area contributed by atoms with Gasteiger partial charge in [0, 0.05) is 59.1 Å². The summed E-state index contributed by atoms with van der Waals surface area (Å²) in [6, 6.07) is 5.23. The molecular formula is C19H35FIN5O. The Bertz CT molecular complexity index is 557. The third-order valence-corrected chi connectivity index (χ3v) is 3.95. The zero-order chi connectivity index (χ0) is 19.4. The summed E-state index contributed by atoms with van der Waals surface area (Å²) in [5.41, 5.74) is 1.73. The van der Waals surface area contributed by atoms with E-state index in [1.807, 2.05) is 25.1 Å². The lowest BCUT2D eigenvalue weighted by Gasteiger charge is -2.18. The molecule has 27 heavy (non-hydrogen) atoms. The molecule has 0 heterocycles. The quantitative estimate of drug-likeness (QED) is 0.213. The Morgan fingerprint density at radius 2 is 1.93 bits per heavy atom. The number of benzene rings is 1. The molecule has 0 unspecified atom stereocenters. The highest BCUT2D eigenvalue weighted by Crippen LogP contribution is 2.12. The monoisotopic (exact) mass is 495 g/mol. The molecule has 0 saturated heterocycles. The van der Waals surface area contributed by atoms with E-state index in [1.54, 1.807) is 20.2 Å². The van der Waals surface area contributed by atoms with Crippen LogP contribution in [0, 0.1) is 5.82 Å². The molecule has 8 heteroatoms. The number of methoxy groups -OCH3 is 1. The third kappa shape index (κ3) is 11.5. The number of nitrogens with zero attached hydrogens (tertiary/aromatic N) is 3. The van der Waals surface area contributed by atoms with Crippen molar-refractivity contribution in [2.45, 2.75) is 19.5 Å². The fraction of sp³-hybridized carbons (Fsp3) is 0.632. The number of guanidine groups is 1. The Labute approximate surface area is 180 Å². The van der Waals surface area contributed by atoms with Crippen LogP contribution in [0.4, 0.5) is 4.39 Å². The number of halogens is 2. The van der Waals surface area contributed by atoms with Crippen LogP contribution in [0.5, 0.6) is 0 Å². The molecule has 0 aliphatic carbocycles. The molecule has 0 aromatic heterocycles. The SMILES string of the molecule is CN=C(NCCN(C)CCCOC)NCc1ccc(F)c(CN(C)C)c1.I. The molecule has 0 aliphatic heterocycles. The van der Waals surface area contributed by atoms with Crippen molar-refractivity contribution in [3.05, 3.63) is 35.1 Å². The van der Waals surface area contributed by atoms with Crippen LogP contribution in [0.2, 0.25) is 0 Å². The van der Waals surface area contributed by atoms with Crippen LogP contribution in [0.15, 0.2) is 23.2 Å². The molecule has 156 valence electrons. The Morgan fingerprint density at radius 3 is 2.56 bits per heavy atom. The van der Waals surface area contributed by atoms with Crippen molar-refractivity contribution in [1.29, 1.82) is 0 Å². The largest absolute Gasteiger partial charge is 0.385 e. The maximum Gasteiger partial charge on any atom is 0.191 e. The van der Waals surface area contributed by atoms with E-state index in [9.17, 15) is 4.39 Å². The van der Waals surface area contributed by atoms with Gasteiger partial charge >= 0.3 is 0 Å². The Balaban J connectivity index is 0.00000676. The van der Waals surface area contributed by atoms with E-state index in [2.05, 4.69) is 27.6 Å². The number of ether oxygens (including phenoxy) is 1. The predicted molar refractivity (Wildman–Crippen MR) is 121 cm³/mol. The van der Waals surface area contributed by atoms with Crippen molar-refractivity contribution in [1.82, 2.24) is 20.4 Å². The number of rotatable bonds is 11. The highest BCUT2D eigenvalue weighted by atomic mass is 127. The highest BCUT2D eigenvalue weighted by Gasteiger charge is 2.06. The zero-order valence-electron chi connectivity index (χ0n) is 17.2. The molecule has 0 bridgehead atoms. The van der Waals surface area contributed by atoms with Gasteiger partial charge in [0.05, 0.1) is 0 Å². The van der Waals surface area contributed by atoms with Gasteiger partial charge in [-0.3, -0.25) is 4.99 Å². The van der Waals surface area contributed by atoms with Crippen LogP contribution in [0.25, 0.3) is 0 Å². The molecule has 1 rings (SSSR count). The normalized spacial score (nSPS) is 11.6. The molecule has 6 nitrogen and oxygen atoms in total. The molecule has 0 atom stereocenters. The van der Waals surface area contributed by atoms with E-state index in [4.69, 9.17) is 4.74 Å². The van der Waals surface area contributed by atoms with Gasteiger partial charge in [-0.25, -0.2) is 4.39 Å². The summed E-state index contributed by atoms with van der Waals surface area (Å²) in [4.78, 5) is 8.45. The lowest BCUT2D eigenvalue weighted by atomic mass is 10.1. The summed E-state index contributed by atoms with van der Waals surface area (Å²) in [7, 11) is 9.44. The minimum atomic E-state index is -0.165. The van der Waals surface area contributed by atoms with Gasteiger partial charge in [0.15, 0.2) is 5.96 Å². The number of likely N-dealkylation sites (N-methyl/N-ethyl adjacent to an activating group) is 1. The van der Waals surface area contributed by atoms with Crippen LogP contribution in [0.3, 0.4) is 0 Å². The van der Waals surface area contributed by atoms with E-state index in [1.165, 1.54) is 6.07 Å². The molecule has 0 spiro atoms. The molecule has 1 aromatic rings.